The normalized spacial score (nSPS) is 17.3. The van der Waals surface area contributed by atoms with E-state index in [0.29, 0.717) is 26.2 Å². The number of nitrogens with zero attached hydrogens (tertiary/aromatic N) is 1. The molecule has 5 nitrogen and oxygen atoms in total. The van der Waals surface area contributed by atoms with Gasteiger partial charge in [0.2, 0.25) is 5.91 Å². The number of halogens is 1. The van der Waals surface area contributed by atoms with Crippen molar-refractivity contribution in [2.24, 2.45) is 5.92 Å². The fourth-order valence-electron chi connectivity index (χ4n) is 2.48. The molecule has 1 aromatic rings. The van der Waals surface area contributed by atoms with Crippen LogP contribution in [0.5, 0.6) is 11.5 Å². The van der Waals surface area contributed by atoms with Crippen molar-refractivity contribution in [2.45, 2.75) is 20.0 Å². The number of benzene rings is 1. The summed E-state index contributed by atoms with van der Waals surface area (Å²) in [5, 5.41) is 3.04. The van der Waals surface area contributed by atoms with Gasteiger partial charge in [-0.05, 0) is 26.1 Å². The van der Waals surface area contributed by atoms with Crippen LogP contribution in [-0.2, 0) is 4.79 Å². The van der Waals surface area contributed by atoms with E-state index in [2.05, 4.69) is 5.32 Å². The summed E-state index contributed by atoms with van der Waals surface area (Å²) in [7, 11) is 1.86. The van der Waals surface area contributed by atoms with Crippen LogP contribution in [0, 0.1) is 5.92 Å². The molecule has 0 saturated heterocycles. The minimum absolute atomic E-state index is 0. The van der Waals surface area contributed by atoms with Crippen molar-refractivity contribution >= 4 is 18.3 Å². The molecule has 0 aliphatic carbocycles. The van der Waals surface area contributed by atoms with Crippen LogP contribution in [0.3, 0.4) is 0 Å². The molecule has 2 atom stereocenters. The molecule has 1 heterocycles. The molecule has 6 heteroatoms. The van der Waals surface area contributed by atoms with Crippen molar-refractivity contribution in [3.05, 3.63) is 24.3 Å². The molecule has 0 fully saturated rings. The van der Waals surface area contributed by atoms with E-state index < -0.39 is 0 Å². The Morgan fingerprint density at radius 2 is 2.09 bits per heavy atom. The molecule has 0 radical (unpaired) electrons. The van der Waals surface area contributed by atoms with E-state index in [1.807, 2.05) is 50.1 Å². The van der Waals surface area contributed by atoms with Crippen molar-refractivity contribution in [3.63, 3.8) is 0 Å². The molecule has 0 aromatic heterocycles. The topological polar surface area (TPSA) is 50.8 Å². The number of fused-ring (bicyclic) bond motifs is 1. The van der Waals surface area contributed by atoms with Gasteiger partial charge in [0, 0.05) is 19.0 Å². The zero-order chi connectivity index (χ0) is 15.2. The number of hydrogen-bond acceptors (Lipinski definition) is 4. The van der Waals surface area contributed by atoms with Crippen molar-refractivity contribution in [3.8, 4) is 11.5 Å². The summed E-state index contributed by atoms with van der Waals surface area (Å²) in [6, 6.07) is 7.62. The summed E-state index contributed by atoms with van der Waals surface area (Å²) in [5.41, 5.74) is 0. The Labute approximate surface area is 138 Å². The van der Waals surface area contributed by atoms with Gasteiger partial charge in [-0.1, -0.05) is 19.1 Å². The first kappa shape index (κ1) is 18.6. The predicted octanol–water partition coefficient (Wildman–Crippen LogP) is 1.95. The molecule has 2 rings (SSSR count). The van der Waals surface area contributed by atoms with Crippen molar-refractivity contribution < 1.29 is 14.3 Å². The van der Waals surface area contributed by atoms with Gasteiger partial charge < -0.3 is 19.7 Å². The Morgan fingerprint density at radius 1 is 1.41 bits per heavy atom. The van der Waals surface area contributed by atoms with Gasteiger partial charge in [-0.3, -0.25) is 4.79 Å². The summed E-state index contributed by atoms with van der Waals surface area (Å²) in [6.07, 6.45) is -0.120. The summed E-state index contributed by atoms with van der Waals surface area (Å²) in [5.74, 6) is 1.63. The minimum Gasteiger partial charge on any atom is -0.486 e. The van der Waals surface area contributed by atoms with Crippen LogP contribution >= 0.6 is 12.4 Å². The number of carbonyl (C=O) groups excluding carboxylic acids is 1. The highest BCUT2D eigenvalue weighted by atomic mass is 35.5. The lowest BCUT2D eigenvalue weighted by atomic mass is 10.1. The molecule has 1 amide bonds. The van der Waals surface area contributed by atoms with Crippen LogP contribution < -0.4 is 14.8 Å². The Balaban J connectivity index is 0.00000242. The SMILES string of the molecule is CCN(CC1COc2ccccc2O1)C(=O)C(C)CNC.Cl. The summed E-state index contributed by atoms with van der Waals surface area (Å²) >= 11 is 0. The number of hydrogen-bond donors (Lipinski definition) is 1. The van der Waals surface area contributed by atoms with Gasteiger partial charge in [0.05, 0.1) is 6.54 Å². The lowest BCUT2D eigenvalue weighted by Gasteiger charge is -2.32. The van der Waals surface area contributed by atoms with Crippen LogP contribution in [0.25, 0.3) is 0 Å². The maximum Gasteiger partial charge on any atom is 0.226 e. The lowest BCUT2D eigenvalue weighted by molar-refractivity contribution is -0.136. The molecule has 1 aliphatic rings. The highest BCUT2D eigenvalue weighted by molar-refractivity contribution is 5.85. The first-order chi connectivity index (χ1) is 10.2. The minimum atomic E-state index is -0.120. The molecule has 22 heavy (non-hydrogen) atoms. The standard InChI is InChI=1S/C16H24N2O3.ClH/c1-4-18(16(19)12(2)9-17-3)10-13-11-20-14-7-5-6-8-15(14)21-13;/h5-8,12-13,17H,4,9-11H2,1-3H3;1H. The zero-order valence-corrected chi connectivity index (χ0v) is 14.2. The first-order valence-corrected chi connectivity index (χ1v) is 7.47. The number of para-hydroxylation sites is 2. The second-order valence-corrected chi connectivity index (χ2v) is 5.33. The zero-order valence-electron chi connectivity index (χ0n) is 13.4. The van der Waals surface area contributed by atoms with Gasteiger partial charge in [0.15, 0.2) is 17.6 Å². The van der Waals surface area contributed by atoms with Gasteiger partial charge in [0.25, 0.3) is 0 Å². The van der Waals surface area contributed by atoms with Crippen LogP contribution in [0.4, 0.5) is 0 Å². The smallest absolute Gasteiger partial charge is 0.226 e. The Morgan fingerprint density at radius 3 is 2.73 bits per heavy atom. The van der Waals surface area contributed by atoms with Crippen LogP contribution in [0.2, 0.25) is 0 Å². The van der Waals surface area contributed by atoms with E-state index >= 15 is 0 Å². The van der Waals surface area contributed by atoms with Gasteiger partial charge in [-0.25, -0.2) is 0 Å². The molecule has 0 bridgehead atoms. The molecule has 1 N–H and O–H groups in total. The molecule has 0 spiro atoms. The Kier molecular flexibility index (Phi) is 7.48. The van der Waals surface area contributed by atoms with Gasteiger partial charge in [-0.2, -0.15) is 0 Å². The fraction of sp³-hybridized carbons (Fsp3) is 0.562. The lowest BCUT2D eigenvalue weighted by Crippen LogP contribution is -2.46. The molecule has 0 saturated carbocycles. The molecule has 1 aliphatic heterocycles. The quantitative estimate of drug-likeness (QED) is 0.867. The van der Waals surface area contributed by atoms with Crippen LogP contribution in [-0.4, -0.2) is 50.2 Å². The number of amides is 1. The summed E-state index contributed by atoms with van der Waals surface area (Å²) < 4.78 is 11.6. The van der Waals surface area contributed by atoms with Crippen LogP contribution in [0.1, 0.15) is 13.8 Å². The number of ether oxygens (including phenoxy) is 2. The highest BCUT2D eigenvalue weighted by Gasteiger charge is 2.26. The first-order valence-electron chi connectivity index (χ1n) is 7.47. The van der Waals surface area contributed by atoms with E-state index in [-0.39, 0.29) is 30.3 Å². The summed E-state index contributed by atoms with van der Waals surface area (Å²) in [6.45, 7) is 6.31. The number of likely N-dealkylation sites (N-methyl/N-ethyl adjacent to an activating group) is 1. The second kappa shape index (κ2) is 8.86. The number of nitrogens with one attached hydrogen (secondary N) is 1. The van der Waals surface area contributed by atoms with Gasteiger partial charge in [0.1, 0.15) is 6.61 Å². The van der Waals surface area contributed by atoms with E-state index in [0.717, 1.165) is 11.5 Å². The molecule has 1 aromatic carbocycles. The third-order valence-electron chi connectivity index (χ3n) is 3.62. The largest absolute Gasteiger partial charge is 0.486 e. The summed E-state index contributed by atoms with van der Waals surface area (Å²) in [4.78, 5) is 14.2. The van der Waals surface area contributed by atoms with Crippen molar-refractivity contribution in [2.75, 3.05) is 33.3 Å². The van der Waals surface area contributed by atoms with Gasteiger partial charge >= 0.3 is 0 Å². The van der Waals surface area contributed by atoms with Crippen LogP contribution in [0.15, 0.2) is 24.3 Å². The number of rotatable bonds is 6. The van der Waals surface area contributed by atoms with Crippen molar-refractivity contribution in [1.82, 2.24) is 10.2 Å². The average Bonchev–Trinajstić information content (AvgIpc) is 2.52. The predicted molar refractivity (Wildman–Crippen MR) is 88.9 cm³/mol. The molecule has 2 unspecified atom stereocenters. The monoisotopic (exact) mass is 328 g/mol. The van der Waals surface area contributed by atoms with E-state index in [4.69, 9.17) is 9.47 Å². The fourth-order valence-corrected chi connectivity index (χ4v) is 2.48. The molecule has 124 valence electrons. The van der Waals surface area contributed by atoms with E-state index in [9.17, 15) is 4.79 Å². The maximum atomic E-state index is 12.4. The Hall–Kier alpha value is -1.46. The number of carbonyl (C=O) groups is 1. The van der Waals surface area contributed by atoms with E-state index in [1.54, 1.807) is 0 Å². The third-order valence-corrected chi connectivity index (χ3v) is 3.62. The van der Waals surface area contributed by atoms with E-state index in [1.165, 1.54) is 0 Å². The third kappa shape index (κ3) is 4.52. The van der Waals surface area contributed by atoms with Gasteiger partial charge in [-0.15, -0.1) is 12.4 Å². The Bertz CT molecular complexity index is 484. The molecular formula is C16H25ClN2O3. The molecular weight excluding hydrogens is 304 g/mol. The maximum absolute atomic E-state index is 12.4. The average molecular weight is 329 g/mol. The second-order valence-electron chi connectivity index (χ2n) is 5.33. The highest BCUT2D eigenvalue weighted by Crippen LogP contribution is 2.31. The van der Waals surface area contributed by atoms with Crippen molar-refractivity contribution in [1.29, 1.82) is 0 Å².